The molecular weight excluding hydrogens is 488 g/mol. The number of esters is 1. The Morgan fingerprint density at radius 1 is 0.972 bits per heavy atom. The summed E-state index contributed by atoms with van der Waals surface area (Å²) in [4.78, 5) is 38.6. The van der Waals surface area contributed by atoms with Crippen LogP contribution in [0.15, 0.2) is 60.7 Å². The third kappa shape index (κ3) is 8.06. The number of benzene rings is 2. The summed E-state index contributed by atoms with van der Waals surface area (Å²) >= 11 is 0. The summed E-state index contributed by atoms with van der Waals surface area (Å²) < 4.78 is 37.6. The van der Waals surface area contributed by atoms with Crippen molar-refractivity contribution in [3.8, 4) is 0 Å². The van der Waals surface area contributed by atoms with Gasteiger partial charge in [0, 0.05) is 19.6 Å². The Hall–Kier alpha value is -3.44. The van der Waals surface area contributed by atoms with Crippen LogP contribution in [0.5, 0.6) is 0 Å². The normalized spacial score (nSPS) is 15.5. The fourth-order valence-corrected chi connectivity index (χ4v) is 5.73. The van der Waals surface area contributed by atoms with Crippen LogP contribution in [0.1, 0.15) is 11.1 Å². The Kier molecular flexibility index (Phi) is 9.83. The van der Waals surface area contributed by atoms with Gasteiger partial charge in [0.25, 0.3) is 0 Å². The smallest absolute Gasteiger partial charge is 0.404 e. The molecule has 1 aliphatic rings. The number of ether oxygens (including phenoxy) is 2. The van der Waals surface area contributed by atoms with Crippen LogP contribution in [0.2, 0.25) is 0 Å². The molecule has 10 nitrogen and oxygen atoms in total. The van der Waals surface area contributed by atoms with E-state index in [0.717, 1.165) is 11.1 Å². The number of morpholine rings is 1. The first-order valence-electron chi connectivity index (χ1n) is 11.6. The molecule has 36 heavy (non-hydrogen) atoms. The SMILES string of the molecule is O=C(O)NC[C@H](C(=O)N1CCOCC1)S(=O)(=O)CC(Cc1ccccc1)C(=O)OCc1ccccc1. The van der Waals surface area contributed by atoms with Crippen molar-refractivity contribution in [2.24, 2.45) is 5.92 Å². The summed E-state index contributed by atoms with van der Waals surface area (Å²) in [6.07, 6.45) is -1.37. The minimum absolute atomic E-state index is 0.0261. The van der Waals surface area contributed by atoms with Crippen LogP contribution in [0.3, 0.4) is 0 Å². The first-order valence-corrected chi connectivity index (χ1v) is 13.3. The van der Waals surface area contributed by atoms with Crippen LogP contribution >= 0.6 is 0 Å². The highest BCUT2D eigenvalue weighted by Gasteiger charge is 2.39. The van der Waals surface area contributed by atoms with E-state index in [1.54, 1.807) is 54.6 Å². The highest BCUT2D eigenvalue weighted by Crippen LogP contribution is 2.19. The second kappa shape index (κ2) is 13.0. The fraction of sp³-hybridized carbons (Fsp3) is 0.400. The average Bonchev–Trinajstić information content (AvgIpc) is 2.88. The molecule has 0 aromatic heterocycles. The van der Waals surface area contributed by atoms with Crippen molar-refractivity contribution in [1.82, 2.24) is 10.2 Å². The second-order valence-corrected chi connectivity index (χ2v) is 10.6. The molecule has 1 saturated heterocycles. The van der Waals surface area contributed by atoms with E-state index in [2.05, 4.69) is 0 Å². The minimum Gasteiger partial charge on any atom is -0.465 e. The van der Waals surface area contributed by atoms with Gasteiger partial charge in [-0.1, -0.05) is 60.7 Å². The van der Waals surface area contributed by atoms with Crippen molar-refractivity contribution in [3.63, 3.8) is 0 Å². The lowest BCUT2D eigenvalue weighted by atomic mass is 10.0. The Morgan fingerprint density at radius 3 is 2.14 bits per heavy atom. The van der Waals surface area contributed by atoms with Crippen molar-refractivity contribution in [3.05, 3.63) is 71.8 Å². The number of rotatable bonds is 11. The first kappa shape index (κ1) is 27.2. The maximum Gasteiger partial charge on any atom is 0.404 e. The molecule has 11 heteroatoms. The lowest BCUT2D eigenvalue weighted by molar-refractivity contribution is -0.149. The van der Waals surface area contributed by atoms with Crippen LogP contribution in [-0.4, -0.2) is 80.2 Å². The Labute approximate surface area is 210 Å². The number of hydrogen-bond acceptors (Lipinski definition) is 7. The molecule has 2 atom stereocenters. The topological polar surface area (TPSA) is 139 Å². The van der Waals surface area contributed by atoms with Crippen LogP contribution in [0.4, 0.5) is 4.79 Å². The number of nitrogens with one attached hydrogen (secondary N) is 1. The number of nitrogens with zero attached hydrogens (tertiary/aromatic N) is 1. The molecule has 3 rings (SSSR count). The van der Waals surface area contributed by atoms with Gasteiger partial charge < -0.3 is 24.8 Å². The maximum absolute atomic E-state index is 13.5. The largest absolute Gasteiger partial charge is 0.465 e. The molecule has 0 saturated carbocycles. The number of sulfone groups is 1. The van der Waals surface area contributed by atoms with E-state index in [-0.39, 0.29) is 39.3 Å². The summed E-state index contributed by atoms with van der Waals surface area (Å²) in [5.41, 5.74) is 1.48. The van der Waals surface area contributed by atoms with E-state index in [0.29, 0.717) is 0 Å². The van der Waals surface area contributed by atoms with E-state index in [9.17, 15) is 22.8 Å². The molecule has 1 heterocycles. The van der Waals surface area contributed by atoms with Crippen molar-refractivity contribution in [1.29, 1.82) is 0 Å². The van der Waals surface area contributed by atoms with Gasteiger partial charge in [0.15, 0.2) is 15.1 Å². The molecule has 194 valence electrons. The molecule has 2 amide bonds. The molecule has 2 aromatic rings. The Balaban J connectivity index is 1.82. The summed E-state index contributed by atoms with van der Waals surface area (Å²) in [6.45, 7) is 0.266. The summed E-state index contributed by atoms with van der Waals surface area (Å²) in [7, 11) is -4.27. The van der Waals surface area contributed by atoms with E-state index in [1.165, 1.54) is 4.90 Å². The Bertz CT molecular complexity index is 1120. The Morgan fingerprint density at radius 2 is 1.56 bits per heavy atom. The van der Waals surface area contributed by atoms with Crippen LogP contribution in [0.25, 0.3) is 0 Å². The minimum atomic E-state index is -4.27. The first-order chi connectivity index (χ1) is 17.3. The summed E-state index contributed by atoms with van der Waals surface area (Å²) in [6, 6.07) is 17.9. The number of amides is 2. The number of carbonyl (C=O) groups excluding carboxylic acids is 2. The molecule has 0 bridgehead atoms. The van der Waals surface area contributed by atoms with Crippen molar-refractivity contribution < 1.29 is 37.4 Å². The zero-order valence-electron chi connectivity index (χ0n) is 19.7. The highest BCUT2D eigenvalue weighted by atomic mass is 32.2. The van der Waals surface area contributed by atoms with E-state index in [1.807, 2.05) is 11.4 Å². The highest BCUT2D eigenvalue weighted by molar-refractivity contribution is 7.92. The van der Waals surface area contributed by atoms with Gasteiger partial charge in [-0.05, 0) is 17.5 Å². The van der Waals surface area contributed by atoms with Gasteiger partial charge in [-0.3, -0.25) is 9.59 Å². The van der Waals surface area contributed by atoms with Crippen molar-refractivity contribution in [2.75, 3.05) is 38.6 Å². The third-order valence-electron chi connectivity index (χ3n) is 5.79. The summed E-state index contributed by atoms with van der Waals surface area (Å²) in [5, 5.41) is 9.38. The van der Waals surface area contributed by atoms with Gasteiger partial charge in [-0.15, -0.1) is 0 Å². The second-order valence-electron chi connectivity index (χ2n) is 8.42. The maximum atomic E-state index is 13.5. The number of carboxylic acid groups (broad SMARTS) is 1. The predicted octanol–water partition coefficient (Wildman–Crippen LogP) is 1.50. The molecule has 1 unspecified atom stereocenters. The summed E-state index contributed by atoms with van der Waals surface area (Å²) in [5.74, 6) is -3.19. The predicted molar refractivity (Wildman–Crippen MR) is 131 cm³/mol. The van der Waals surface area contributed by atoms with E-state index < -0.39 is 51.3 Å². The molecule has 0 spiro atoms. The molecule has 1 fully saturated rings. The molecule has 0 aliphatic carbocycles. The van der Waals surface area contributed by atoms with Gasteiger partial charge >= 0.3 is 12.1 Å². The van der Waals surface area contributed by atoms with E-state index >= 15 is 0 Å². The fourth-order valence-electron chi connectivity index (χ4n) is 3.89. The average molecular weight is 519 g/mol. The molecule has 2 N–H and O–H groups in total. The lowest BCUT2D eigenvalue weighted by Crippen LogP contribution is -2.53. The van der Waals surface area contributed by atoms with Gasteiger partial charge in [0.05, 0.1) is 24.9 Å². The standard InChI is InChI=1S/C25H30N2O8S/c28-23(27-11-13-34-14-12-27)22(16-26-25(30)31)36(32,33)18-21(15-19-7-3-1-4-8-19)24(29)35-17-20-9-5-2-6-10-20/h1-10,21-22,26H,11-18H2,(H,30,31)/t21?,22-/m1/s1. The zero-order valence-corrected chi connectivity index (χ0v) is 20.6. The van der Waals surface area contributed by atoms with Gasteiger partial charge in [0.1, 0.15) is 6.61 Å². The van der Waals surface area contributed by atoms with Crippen LogP contribution in [0, 0.1) is 5.92 Å². The number of carbonyl (C=O) groups is 3. The lowest BCUT2D eigenvalue weighted by Gasteiger charge is -2.30. The molecule has 0 radical (unpaired) electrons. The van der Waals surface area contributed by atoms with Gasteiger partial charge in [-0.25, -0.2) is 13.2 Å². The number of hydrogen-bond donors (Lipinski definition) is 2. The van der Waals surface area contributed by atoms with Crippen molar-refractivity contribution >= 4 is 27.8 Å². The zero-order chi connectivity index (χ0) is 26.0. The van der Waals surface area contributed by atoms with Crippen LogP contribution < -0.4 is 5.32 Å². The monoisotopic (exact) mass is 518 g/mol. The van der Waals surface area contributed by atoms with Gasteiger partial charge in [-0.2, -0.15) is 0 Å². The quantitative estimate of drug-likeness (QED) is 0.427. The van der Waals surface area contributed by atoms with Crippen LogP contribution in [-0.2, 0) is 41.9 Å². The molecular formula is C25H30N2O8S. The third-order valence-corrected chi connectivity index (χ3v) is 7.89. The van der Waals surface area contributed by atoms with E-state index in [4.69, 9.17) is 14.6 Å². The molecule has 2 aromatic carbocycles. The van der Waals surface area contributed by atoms with Gasteiger partial charge in [0.2, 0.25) is 5.91 Å². The van der Waals surface area contributed by atoms with Crippen molar-refractivity contribution in [2.45, 2.75) is 18.3 Å². The molecule has 1 aliphatic heterocycles.